The summed E-state index contributed by atoms with van der Waals surface area (Å²) in [7, 11) is 5.37. The molecule has 0 aromatic heterocycles. The molecule has 0 fully saturated rings. The molecule has 58 heavy (non-hydrogen) atoms. The maximum absolute atomic E-state index is 12.7. The number of hydrogen-bond acceptors (Lipinski definition) is 7. The van der Waals surface area contributed by atoms with E-state index in [1.165, 1.54) is 6.42 Å². The van der Waals surface area contributed by atoms with Crippen LogP contribution >= 0.6 is 0 Å². The van der Waals surface area contributed by atoms with E-state index in [0.717, 1.165) is 96.3 Å². The molecule has 0 aliphatic carbocycles. The van der Waals surface area contributed by atoms with Crippen LogP contribution in [0.4, 0.5) is 0 Å². The molecule has 0 aromatic carbocycles. The van der Waals surface area contributed by atoms with Crippen LogP contribution in [0.1, 0.15) is 136 Å². The Labute approximate surface area is 353 Å². The van der Waals surface area contributed by atoms with Crippen molar-refractivity contribution in [2.45, 2.75) is 148 Å². The van der Waals surface area contributed by atoms with Gasteiger partial charge in [0.25, 0.3) is 0 Å². The quantitative estimate of drug-likeness (QED) is 0.0203. The molecule has 0 aromatic rings. The minimum atomic E-state index is -1.14. The van der Waals surface area contributed by atoms with Crippen molar-refractivity contribution in [1.29, 1.82) is 0 Å². The monoisotopic (exact) mass is 806 g/mol. The molecule has 2 atom stereocenters. The van der Waals surface area contributed by atoms with Gasteiger partial charge in [0.05, 0.1) is 40.3 Å². The Hall–Kier alpha value is -4.01. The zero-order chi connectivity index (χ0) is 42.8. The highest BCUT2D eigenvalue weighted by atomic mass is 16.6. The number of ether oxygens (including phenoxy) is 3. The minimum absolute atomic E-state index is 0.0115. The number of unbranched alkanes of at least 4 members (excludes halogenated alkanes) is 9. The SMILES string of the molecule is CC/C=C/C/C=C/C/C=C/C/C=C/CCCCCC(=O)OCC(COCCC(C(=O)[O-])[N+](C)(C)C)OC(=O)CCCCCCC/C=C/C=C/C=C/C=C/C=C/CCC. The first-order chi connectivity index (χ1) is 28.1. The number of carbonyl (C=O) groups excluding carboxylic acids is 3. The van der Waals surface area contributed by atoms with Crippen LogP contribution in [0.2, 0.25) is 0 Å². The molecule has 0 amide bonds. The second-order valence-corrected chi connectivity index (χ2v) is 15.3. The number of quaternary nitrogens is 1. The molecule has 0 spiro atoms. The Balaban J connectivity index is 4.50. The first kappa shape index (κ1) is 54.0. The Morgan fingerprint density at radius 3 is 1.60 bits per heavy atom. The molecular formula is C50H79NO7. The molecule has 0 rings (SSSR count). The van der Waals surface area contributed by atoms with E-state index in [4.69, 9.17) is 14.2 Å². The summed E-state index contributed by atoms with van der Waals surface area (Å²) in [5.41, 5.74) is 0. The van der Waals surface area contributed by atoms with Gasteiger partial charge >= 0.3 is 11.9 Å². The van der Waals surface area contributed by atoms with Gasteiger partial charge in [0, 0.05) is 19.3 Å². The third-order valence-electron chi connectivity index (χ3n) is 9.00. The fourth-order valence-electron chi connectivity index (χ4n) is 5.62. The number of carboxylic acid groups (broad SMARTS) is 1. The van der Waals surface area contributed by atoms with Gasteiger partial charge in [-0.25, -0.2) is 0 Å². The summed E-state index contributed by atoms with van der Waals surface area (Å²) >= 11 is 0. The van der Waals surface area contributed by atoms with Crippen LogP contribution in [0, 0.1) is 0 Å². The van der Waals surface area contributed by atoms with Crippen LogP contribution in [-0.4, -0.2) is 75.5 Å². The van der Waals surface area contributed by atoms with Crippen molar-refractivity contribution in [2.24, 2.45) is 0 Å². The van der Waals surface area contributed by atoms with Crippen LogP contribution in [0.25, 0.3) is 0 Å². The summed E-state index contributed by atoms with van der Waals surface area (Å²) in [6.07, 6.45) is 53.9. The second kappa shape index (κ2) is 39.8. The molecule has 0 heterocycles. The van der Waals surface area contributed by atoms with E-state index in [0.29, 0.717) is 6.42 Å². The van der Waals surface area contributed by atoms with Crippen LogP contribution in [0.3, 0.4) is 0 Å². The lowest BCUT2D eigenvalue weighted by Crippen LogP contribution is -2.55. The van der Waals surface area contributed by atoms with Crippen molar-refractivity contribution in [1.82, 2.24) is 0 Å². The van der Waals surface area contributed by atoms with Gasteiger partial charge in [0.15, 0.2) is 6.10 Å². The average Bonchev–Trinajstić information content (AvgIpc) is 3.18. The van der Waals surface area contributed by atoms with Crippen molar-refractivity contribution < 1.29 is 38.2 Å². The minimum Gasteiger partial charge on any atom is -0.544 e. The predicted molar refractivity (Wildman–Crippen MR) is 240 cm³/mol. The largest absolute Gasteiger partial charge is 0.544 e. The molecule has 0 aliphatic rings. The molecule has 2 unspecified atom stereocenters. The number of carbonyl (C=O) groups is 3. The molecule has 0 bridgehead atoms. The van der Waals surface area contributed by atoms with Gasteiger partial charge in [-0.05, 0) is 70.6 Å². The fourth-order valence-corrected chi connectivity index (χ4v) is 5.62. The zero-order valence-corrected chi connectivity index (χ0v) is 36.9. The van der Waals surface area contributed by atoms with Crippen molar-refractivity contribution in [3.05, 3.63) is 109 Å². The van der Waals surface area contributed by atoms with Gasteiger partial charge in [0.1, 0.15) is 12.6 Å². The molecule has 8 nitrogen and oxygen atoms in total. The molecule has 8 heteroatoms. The highest BCUT2D eigenvalue weighted by molar-refractivity contribution is 5.70. The molecule has 0 saturated carbocycles. The number of hydrogen-bond donors (Lipinski definition) is 0. The van der Waals surface area contributed by atoms with Gasteiger partial charge in [0.2, 0.25) is 0 Å². The summed E-state index contributed by atoms with van der Waals surface area (Å²) in [5.74, 6) is -1.83. The molecule has 0 aliphatic heterocycles. The molecule has 0 saturated heterocycles. The van der Waals surface area contributed by atoms with Crippen LogP contribution < -0.4 is 5.11 Å². The fraction of sp³-hybridized carbons (Fsp3) is 0.580. The summed E-state index contributed by atoms with van der Waals surface area (Å²) in [6, 6.07) is -0.743. The van der Waals surface area contributed by atoms with E-state index < -0.39 is 18.1 Å². The van der Waals surface area contributed by atoms with Crippen molar-refractivity contribution in [3.8, 4) is 0 Å². The number of esters is 2. The predicted octanol–water partition coefficient (Wildman–Crippen LogP) is 10.7. The number of aliphatic carboxylic acids is 1. The maximum atomic E-state index is 12.7. The summed E-state index contributed by atoms with van der Waals surface area (Å²) in [6.45, 7) is 4.37. The Morgan fingerprint density at radius 1 is 0.552 bits per heavy atom. The van der Waals surface area contributed by atoms with Crippen LogP contribution in [-0.2, 0) is 28.6 Å². The van der Waals surface area contributed by atoms with Crippen molar-refractivity contribution >= 4 is 17.9 Å². The lowest BCUT2D eigenvalue weighted by molar-refractivity contribution is -0.889. The van der Waals surface area contributed by atoms with E-state index in [1.54, 1.807) is 21.1 Å². The van der Waals surface area contributed by atoms with Gasteiger partial charge in [-0.1, -0.05) is 155 Å². The van der Waals surface area contributed by atoms with E-state index in [2.05, 4.69) is 86.8 Å². The number of rotatable bonds is 37. The lowest BCUT2D eigenvalue weighted by Gasteiger charge is -2.34. The van der Waals surface area contributed by atoms with Gasteiger partial charge in [-0.15, -0.1) is 0 Å². The third-order valence-corrected chi connectivity index (χ3v) is 9.00. The number of likely N-dealkylation sites (N-methyl/N-ethyl adjacent to an activating group) is 1. The summed E-state index contributed by atoms with van der Waals surface area (Å²) < 4.78 is 17.1. The van der Waals surface area contributed by atoms with E-state index >= 15 is 0 Å². The van der Waals surface area contributed by atoms with Gasteiger partial charge in [-0.3, -0.25) is 9.59 Å². The first-order valence-electron chi connectivity index (χ1n) is 22.0. The number of allylic oxidation sites excluding steroid dienone is 18. The molecule has 0 radical (unpaired) electrons. The van der Waals surface area contributed by atoms with Crippen LogP contribution in [0.5, 0.6) is 0 Å². The second-order valence-electron chi connectivity index (χ2n) is 15.3. The zero-order valence-electron chi connectivity index (χ0n) is 36.9. The van der Waals surface area contributed by atoms with Crippen molar-refractivity contribution in [3.63, 3.8) is 0 Å². The van der Waals surface area contributed by atoms with Gasteiger partial charge < -0.3 is 28.6 Å². The van der Waals surface area contributed by atoms with Gasteiger partial charge in [-0.2, -0.15) is 0 Å². The lowest BCUT2D eigenvalue weighted by atomic mass is 10.1. The smallest absolute Gasteiger partial charge is 0.306 e. The van der Waals surface area contributed by atoms with E-state index in [-0.39, 0.29) is 49.1 Å². The highest BCUT2D eigenvalue weighted by Gasteiger charge is 2.25. The topological polar surface area (TPSA) is 102 Å². The Morgan fingerprint density at radius 2 is 1.03 bits per heavy atom. The first-order valence-corrected chi connectivity index (χ1v) is 22.0. The van der Waals surface area contributed by atoms with E-state index in [1.807, 2.05) is 36.5 Å². The average molecular weight is 806 g/mol. The van der Waals surface area contributed by atoms with Crippen LogP contribution in [0.15, 0.2) is 109 Å². The highest BCUT2D eigenvalue weighted by Crippen LogP contribution is 2.12. The third kappa shape index (κ3) is 37.6. The Bertz CT molecular complexity index is 1310. The normalized spacial score (nSPS) is 14.0. The summed E-state index contributed by atoms with van der Waals surface area (Å²) in [4.78, 5) is 36.9. The van der Waals surface area contributed by atoms with Crippen molar-refractivity contribution in [2.75, 3.05) is 41.0 Å². The Kier molecular flexibility index (Phi) is 37.0. The number of nitrogens with zero attached hydrogens (tertiary/aromatic N) is 1. The summed E-state index contributed by atoms with van der Waals surface area (Å²) in [5, 5.41) is 11.6. The molecular weight excluding hydrogens is 727 g/mol. The number of carboxylic acids is 1. The maximum Gasteiger partial charge on any atom is 0.306 e. The standard InChI is InChI=1S/C50H79NO7/c1-6-8-10-12-14-16-18-20-22-24-25-27-29-31-33-35-37-39-41-49(53)58-46(44-56-43-42-47(50(54)55)51(3,4)5)45-57-48(52)40-38-36-34-32-30-28-26-23-21-19-17-15-13-11-9-7-2/h9-12,14-18,20-25,27-28,30,46-47H,6-8,13,19,26,29,31-45H2,1-5H3/b11-9+,12-10+,16-14+,17-15+,20-18+,23-21+,24-22+,27-25+,30-28+. The molecule has 326 valence electrons. The van der Waals surface area contributed by atoms with E-state index in [9.17, 15) is 19.5 Å². The molecule has 0 N–H and O–H groups in total.